The number of hydrogen-bond acceptors (Lipinski definition) is 7. The fraction of sp³-hybridized carbons (Fsp3) is 0.333. The first-order valence-electron chi connectivity index (χ1n) is 6.57. The number of methoxy groups -OCH3 is 1. The molecule has 1 saturated heterocycles. The fourth-order valence-electron chi connectivity index (χ4n) is 1.76. The van der Waals surface area contributed by atoms with Crippen LogP contribution in [-0.4, -0.2) is 31.6 Å². The number of carbonyl (C=O) groups is 2. The third-order valence-corrected chi connectivity index (χ3v) is 2.71. The first-order valence-corrected chi connectivity index (χ1v) is 6.57. The molecule has 0 aromatic heterocycles. The average molecular weight is 307 g/mol. The molecule has 7 nitrogen and oxygen atoms in total. The van der Waals surface area contributed by atoms with E-state index in [1.165, 1.54) is 27.2 Å². The van der Waals surface area contributed by atoms with Crippen molar-refractivity contribution in [2.45, 2.75) is 19.6 Å². The highest BCUT2D eigenvalue weighted by atomic mass is 16.7. The van der Waals surface area contributed by atoms with E-state index in [1.54, 1.807) is 24.3 Å². The van der Waals surface area contributed by atoms with Crippen molar-refractivity contribution in [1.29, 1.82) is 0 Å². The molecule has 7 heteroatoms. The average Bonchev–Trinajstić information content (AvgIpc) is 2.44. The molecule has 1 N–H and O–H groups in total. The van der Waals surface area contributed by atoms with Crippen LogP contribution < -0.4 is 10.1 Å². The van der Waals surface area contributed by atoms with Crippen molar-refractivity contribution >= 4 is 17.6 Å². The Morgan fingerprint density at radius 1 is 1.18 bits per heavy atom. The Balaban J connectivity index is 2.15. The minimum absolute atomic E-state index is 0.0769. The number of cyclic esters (lactones) is 2. The quantitative estimate of drug-likeness (QED) is 0.384. The maximum atomic E-state index is 11.8. The van der Waals surface area contributed by atoms with Gasteiger partial charge in [-0.05, 0) is 12.1 Å². The van der Waals surface area contributed by atoms with Crippen molar-refractivity contribution in [3.8, 4) is 5.75 Å². The van der Waals surface area contributed by atoms with Crippen LogP contribution in [0.5, 0.6) is 5.75 Å². The molecule has 1 heterocycles. The molecule has 0 bridgehead atoms. The highest BCUT2D eigenvalue weighted by Crippen LogP contribution is 2.26. The zero-order chi connectivity index (χ0) is 16.2. The van der Waals surface area contributed by atoms with E-state index in [1.807, 2.05) is 0 Å². The van der Waals surface area contributed by atoms with E-state index in [0.29, 0.717) is 11.4 Å². The van der Waals surface area contributed by atoms with Crippen LogP contribution in [0.4, 0.5) is 5.69 Å². The molecular weight excluding hydrogens is 290 g/mol. The van der Waals surface area contributed by atoms with Crippen LogP contribution in [0.2, 0.25) is 0 Å². The Morgan fingerprint density at radius 3 is 2.45 bits per heavy atom. The van der Waals surface area contributed by atoms with Gasteiger partial charge in [0.15, 0.2) is 12.4 Å². The van der Waals surface area contributed by atoms with Gasteiger partial charge in [0.1, 0.15) is 5.75 Å². The number of nitrogens with one attached hydrogen (secondary N) is 1. The lowest BCUT2D eigenvalue weighted by Gasteiger charge is -2.29. The third kappa shape index (κ3) is 3.76. The number of benzene rings is 1. The Labute approximate surface area is 127 Å². The van der Waals surface area contributed by atoms with Crippen LogP contribution >= 0.6 is 0 Å². The van der Waals surface area contributed by atoms with Gasteiger partial charge in [-0.25, -0.2) is 9.59 Å². The Bertz CT molecular complexity index is 586. The van der Waals surface area contributed by atoms with Crippen LogP contribution in [-0.2, 0) is 23.8 Å². The fourth-order valence-corrected chi connectivity index (χ4v) is 1.76. The summed E-state index contributed by atoms with van der Waals surface area (Å²) in [5, 5.41) is 2.84. The van der Waals surface area contributed by atoms with E-state index in [2.05, 4.69) is 5.32 Å². The van der Waals surface area contributed by atoms with E-state index >= 15 is 0 Å². The molecule has 0 spiro atoms. The van der Waals surface area contributed by atoms with Gasteiger partial charge >= 0.3 is 11.9 Å². The smallest absolute Gasteiger partial charge is 0.350 e. The van der Waals surface area contributed by atoms with Crippen LogP contribution in [0.1, 0.15) is 13.8 Å². The molecule has 0 unspecified atom stereocenters. The second-order valence-corrected chi connectivity index (χ2v) is 4.93. The van der Waals surface area contributed by atoms with Crippen molar-refractivity contribution < 1.29 is 28.5 Å². The second kappa shape index (κ2) is 6.48. The molecule has 0 aliphatic carbocycles. The van der Waals surface area contributed by atoms with Gasteiger partial charge in [-0.2, -0.15) is 0 Å². The molecule has 22 heavy (non-hydrogen) atoms. The van der Waals surface area contributed by atoms with Crippen molar-refractivity contribution in [2.75, 3.05) is 19.2 Å². The number of esters is 2. The number of hydrogen-bond donors (Lipinski definition) is 1. The van der Waals surface area contributed by atoms with E-state index in [-0.39, 0.29) is 12.4 Å². The molecule has 0 radical (unpaired) electrons. The predicted molar refractivity (Wildman–Crippen MR) is 76.9 cm³/mol. The molecule has 2 rings (SSSR count). The Hall–Kier alpha value is -2.54. The standard InChI is InChI=1S/C15H17NO6/c1-15(2)21-13(17)10(14(18)22-15)8-16-11-6-4-5-7-12(11)20-9-19-3/h4-8,16H,9H2,1-3H3. The van der Waals surface area contributed by atoms with E-state index in [0.717, 1.165) is 0 Å². The molecule has 0 atom stereocenters. The molecule has 0 amide bonds. The van der Waals surface area contributed by atoms with Gasteiger partial charge in [-0.15, -0.1) is 0 Å². The van der Waals surface area contributed by atoms with Gasteiger partial charge in [0.25, 0.3) is 5.79 Å². The summed E-state index contributed by atoms with van der Waals surface area (Å²) in [7, 11) is 1.51. The van der Waals surface area contributed by atoms with Crippen LogP contribution in [0.3, 0.4) is 0 Å². The first-order chi connectivity index (χ1) is 10.4. The molecule has 1 aliphatic rings. The highest BCUT2D eigenvalue weighted by Gasteiger charge is 2.38. The van der Waals surface area contributed by atoms with Crippen LogP contribution in [0.25, 0.3) is 0 Å². The molecular formula is C15H17NO6. The summed E-state index contributed by atoms with van der Waals surface area (Å²) in [5.41, 5.74) is 0.346. The number of carbonyl (C=O) groups excluding carboxylic acids is 2. The first kappa shape index (κ1) is 15.8. The third-order valence-electron chi connectivity index (χ3n) is 2.71. The zero-order valence-corrected chi connectivity index (χ0v) is 12.5. The second-order valence-electron chi connectivity index (χ2n) is 4.93. The lowest BCUT2D eigenvalue weighted by Crippen LogP contribution is -2.42. The monoisotopic (exact) mass is 307 g/mol. The lowest BCUT2D eigenvalue weighted by molar-refractivity contribution is -0.222. The lowest BCUT2D eigenvalue weighted by atomic mass is 10.2. The summed E-state index contributed by atoms with van der Waals surface area (Å²) in [6, 6.07) is 7.02. The van der Waals surface area contributed by atoms with Crippen LogP contribution in [0, 0.1) is 0 Å². The summed E-state index contributed by atoms with van der Waals surface area (Å²) in [4.78, 5) is 23.6. The summed E-state index contributed by atoms with van der Waals surface area (Å²) >= 11 is 0. The summed E-state index contributed by atoms with van der Waals surface area (Å²) in [6.07, 6.45) is 1.23. The largest absolute Gasteiger partial charge is 0.465 e. The van der Waals surface area contributed by atoms with Gasteiger partial charge in [0, 0.05) is 27.2 Å². The van der Waals surface area contributed by atoms with Crippen molar-refractivity contribution in [3.63, 3.8) is 0 Å². The van der Waals surface area contributed by atoms with Gasteiger partial charge in [-0.1, -0.05) is 12.1 Å². The number of rotatable bonds is 5. The SMILES string of the molecule is COCOc1ccccc1NC=C1C(=O)OC(C)(C)OC1=O. The van der Waals surface area contributed by atoms with Gasteiger partial charge in [-0.3, -0.25) is 0 Å². The molecule has 1 fully saturated rings. The van der Waals surface area contributed by atoms with Crippen molar-refractivity contribution in [2.24, 2.45) is 0 Å². The summed E-state index contributed by atoms with van der Waals surface area (Å²) in [5.74, 6) is -2.24. The number of anilines is 1. The van der Waals surface area contributed by atoms with Crippen LogP contribution in [0.15, 0.2) is 36.0 Å². The van der Waals surface area contributed by atoms with E-state index < -0.39 is 17.7 Å². The summed E-state index contributed by atoms with van der Waals surface area (Å²) < 4.78 is 20.2. The number of para-hydroxylation sites is 2. The maximum Gasteiger partial charge on any atom is 0.350 e. The Morgan fingerprint density at radius 2 is 1.82 bits per heavy atom. The Kier molecular flexibility index (Phi) is 4.67. The topological polar surface area (TPSA) is 83.1 Å². The normalized spacial score (nSPS) is 16.6. The van der Waals surface area contributed by atoms with Gasteiger partial charge < -0.3 is 24.3 Å². The maximum absolute atomic E-state index is 11.8. The molecule has 118 valence electrons. The van der Waals surface area contributed by atoms with E-state index in [9.17, 15) is 9.59 Å². The minimum Gasteiger partial charge on any atom is -0.465 e. The molecule has 1 aliphatic heterocycles. The molecule has 1 aromatic rings. The zero-order valence-electron chi connectivity index (χ0n) is 12.5. The van der Waals surface area contributed by atoms with Gasteiger partial charge in [0.2, 0.25) is 0 Å². The molecule has 0 saturated carbocycles. The number of ether oxygens (including phenoxy) is 4. The van der Waals surface area contributed by atoms with E-state index in [4.69, 9.17) is 18.9 Å². The van der Waals surface area contributed by atoms with Gasteiger partial charge in [0.05, 0.1) is 5.69 Å². The minimum atomic E-state index is -1.26. The highest BCUT2D eigenvalue weighted by molar-refractivity contribution is 6.15. The van der Waals surface area contributed by atoms with Crippen molar-refractivity contribution in [1.82, 2.24) is 0 Å². The van der Waals surface area contributed by atoms with Crippen molar-refractivity contribution in [3.05, 3.63) is 36.0 Å². The molecule has 1 aromatic carbocycles. The summed E-state index contributed by atoms with van der Waals surface area (Å²) in [6.45, 7) is 3.05. The predicted octanol–water partition coefficient (Wildman–Crippen LogP) is 1.80.